The van der Waals surface area contributed by atoms with Gasteiger partial charge in [0.15, 0.2) is 0 Å². The second-order valence-electron chi connectivity index (χ2n) is 5.14. The molecule has 6 nitrogen and oxygen atoms in total. The van der Waals surface area contributed by atoms with Gasteiger partial charge in [-0.3, -0.25) is 4.90 Å². The average Bonchev–Trinajstić information content (AvgIpc) is 2.53. The molecule has 1 fully saturated rings. The zero-order valence-corrected chi connectivity index (χ0v) is 12.3. The second kappa shape index (κ2) is 7.62. The smallest absolute Gasteiger partial charge is 0.321 e. The maximum Gasteiger partial charge on any atom is 0.321 e. The van der Waals surface area contributed by atoms with Crippen LogP contribution < -0.4 is 10.6 Å². The van der Waals surface area contributed by atoms with Crippen LogP contribution in [0.25, 0.3) is 0 Å². The standard InChI is InChI=1S/C15H21N5O/c1-19(9-10-20-7-5-17-6-8-20)15(21)18-14-4-2-3-13(11-14)12-16/h2-4,11,17H,5-10H2,1H3,(H,18,21). The third-order valence-corrected chi connectivity index (χ3v) is 3.55. The molecule has 0 aliphatic carbocycles. The van der Waals surface area contributed by atoms with Crippen LogP contribution in [0.3, 0.4) is 0 Å². The van der Waals surface area contributed by atoms with Gasteiger partial charge in [-0.15, -0.1) is 0 Å². The SMILES string of the molecule is CN(CCN1CCNCC1)C(=O)Nc1cccc(C#N)c1. The Labute approximate surface area is 125 Å². The van der Waals surface area contributed by atoms with E-state index in [1.165, 1.54) is 0 Å². The van der Waals surface area contributed by atoms with Crippen LogP contribution in [0.5, 0.6) is 0 Å². The zero-order valence-electron chi connectivity index (χ0n) is 12.3. The van der Waals surface area contributed by atoms with Crippen LogP contribution in [0, 0.1) is 11.3 Å². The van der Waals surface area contributed by atoms with Gasteiger partial charge in [-0.05, 0) is 18.2 Å². The summed E-state index contributed by atoms with van der Waals surface area (Å²) in [5, 5.41) is 15.0. The largest absolute Gasteiger partial charge is 0.326 e. The van der Waals surface area contributed by atoms with Gasteiger partial charge in [-0.1, -0.05) is 6.07 Å². The van der Waals surface area contributed by atoms with Crippen molar-refractivity contribution in [3.63, 3.8) is 0 Å². The first kappa shape index (κ1) is 15.3. The molecule has 2 N–H and O–H groups in total. The molecule has 2 amide bonds. The predicted octanol–water partition coefficient (Wildman–Crippen LogP) is 0.927. The third-order valence-electron chi connectivity index (χ3n) is 3.55. The molecule has 0 unspecified atom stereocenters. The van der Waals surface area contributed by atoms with Gasteiger partial charge in [0.05, 0.1) is 11.6 Å². The van der Waals surface area contributed by atoms with Crippen LogP contribution in [0.15, 0.2) is 24.3 Å². The van der Waals surface area contributed by atoms with Crippen LogP contribution in [0.2, 0.25) is 0 Å². The summed E-state index contributed by atoms with van der Waals surface area (Å²) in [7, 11) is 1.78. The molecule has 112 valence electrons. The molecule has 21 heavy (non-hydrogen) atoms. The number of piperazine rings is 1. The molecule has 1 aromatic carbocycles. The molecule has 1 aliphatic rings. The van der Waals surface area contributed by atoms with Gasteiger partial charge in [0.2, 0.25) is 0 Å². The van der Waals surface area contributed by atoms with Gasteiger partial charge in [0, 0.05) is 52.0 Å². The van der Waals surface area contributed by atoms with Crippen molar-refractivity contribution in [2.24, 2.45) is 0 Å². The lowest BCUT2D eigenvalue weighted by atomic mass is 10.2. The summed E-state index contributed by atoms with van der Waals surface area (Å²) in [6.07, 6.45) is 0. The van der Waals surface area contributed by atoms with Gasteiger partial charge >= 0.3 is 6.03 Å². The summed E-state index contributed by atoms with van der Waals surface area (Å²) in [5.41, 5.74) is 1.18. The summed E-state index contributed by atoms with van der Waals surface area (Å²) >= 11 is 0. The third kappa shape index (κ3) is 4.74. The van der Waals surface area contributed by atoms with Gasteiger partial charge in [0.1, 0.15) is 0 Å². The molecule has 1 heterocycles. The summed E-state index contributed by atoms with van der Waals surface area (Å²) in [5.74, 6) is 0. The molecule has 0 spiro atoms. The number of benzene rings is 1. The van der Waals surface area contributed by atoms with Crippen LogP contribution in [-0.4, -0.2) is 62.1 Å². The van der Waals surface area contributed by atoms with Crippen molar-refractivity contribution in [1.82, 2.24) is 15.1 Å². The lowest BCUT2D eigenvalue weighted by molar-refractivity contribution is 0.197. The van der Waals surface area contributed by atoms with Gasteiger partial charge in [-0.2, -0.15) is 5.26 Å². The Morgan fingerprint density at radius 3 is 2.95 bits per heavy atom. The Kier molecular flexibility index (Phi) is 5.55. The maximum absolute atomic E-state index is 12.1. The van der Waals surface area contributed by atoms with Crippen molar-refractivity contribution in [1.29, 1.82) is 5.26 Å². The summed E-state index contributed by atoms with van der Waals surface area (Å²) in [6.45, 7) is 5.64. The van der Waals surface area contributed by atoms with Crippen LogP contribution in [0.1, 0.15) is 5.56 Å². The maximum atomic E-state index is 12.1. The van der Waals surface area contributed by atoms with E-state index in [0.717, 1.165) is 32.7 Å². The number of nitriles is 1. The quantitative estimate of drug-likeness (QED) is 0.864. The molecule has 1 aromatic rings. The summed E-state index contributed by atoms with van der Waals surface area (Å²) < 4.78 is 0. The van der Waals surface area contributed by atoms with Crippen molar-refractivity contribution in [3.8, 4) is 6.07 Å². The lowest BCUT2D eigenvalue weighted by Gasteiger charge is -2.29. The minimum atomic E-state index is -0.153. The molecule has 0 radical (unpaired) electrons. The lowest BCUT2D eigenvalue weighted by Crippen LogP contribution is -2.46. The van der Waals surface area contributed by atoms with Crippen molar-refractivity contribution in [2.45, 2.75) is 0 Å². The van der Waals surface area contributed by atoms with E-state index in [9.17, 15) is 4.79 Å². The Bertz CT molecular complexity index is 519. The first-order chi connectivity index (χ1) is 10.2. The number of hydrogen-bond donors (Lipinski definition) is 2. The fourth-order valence-corrected chi connectivity index (χ4v) is 2.21. The predicted molar refractivity (Wildman–Crippen MR) is 82.1 cm³/mol. The normalized spacial score (nSPS) is 15.2. The van der Waals surface area contributed by atoms with E-state index in [-0.39, 0.29) is 6.03 Å². The van der Waals surface area contributed by atoms with Gasteiger partial charge < -0.3 is 15.5 Å². The molecule has 0 bridgehead atoms. The number of amides is 2. The first-order valence-electron chi connectivity index (χ1n) is 7.14. The number of carbonyl (C=O) groups excluding carboxylic acids is 1. The van der Waals surface area contributed by atoms with E-state index in [0.29, 0.717) is 17.8 Å². The first-order valence-corrected chi connectivity index (χ1v) is 7.14. The Hall–Kier alpha value is -2.10. The minimum absolute atomic E-state index is 0.153. The summed E-state index contributed by atoms with van der Waals surface area (Å²) in [4.78, 5) is 16.1. The van der Waals surface area contributed by atoms with E-state index in [1.54, 1.807) is 36.2 Å². The minimum Gasteiger partial charge on any atom is -0.326 e. The number of urea groups is 1. The van der Waals surface area contributed by atoms with Gasteiger partial charge in [-0.25, -0.2) is 4.79 Å². The summed E-state index contributed by atoms with van der Waals surface area (Å²) in [6, 6.07) is 8.83. The second-order valence-corrected chi connectivity index (χ2v) is 5.14. The van der Waals surface area contributed by atoms with E-state index >= 15 is 0 Å². The van der Waals surface area contributed by atoms with Crippen molar-refractivity contribution >= 4 is 11.7 Å². The van der Waals surface area contributed by atoms with Crippen LogP contribution in [0.4, 0.5) is 10.5 Å². The van der Waals surface area contributed by atoms with Crippen LogP contribution in [-0.2, 0) is 0 Å². The highest BCUT2D eigenvalue weighted by Gasteiger charge is 2.13. The van der Waals surface area contributed by atoms with E-state index in [1.807, 2.05) is 0 Å². The highest BCUT2D eigenvalue weighted by Crippen LogP contribution is 2.10. The van der Waals surface area contributed by atoms with E-state index < -0.39 is 0 Å². The Morgan fingerprint density at radius 1 is 1.48 bits per heavy atom. The number of rotatable bonds is 4. The number of carbonyl (C=O) groups is 1. The fourth-order valence-electron chi connectivity index (χ4n) is 2.21. The number of anilines is 1. The molecule has 1 aliphatic heterocycles. The van der Waals surface area contributed by atoms with E-state index in [2.05, 4.69) is 21.6 Å². The molecule has 1 saturated heterocycles. The van der Waals surface area contributed by atoms with E-state index in [4.69, 9.17) is 5.26 Å². The zero-order chi connectivity index (χ0) is 15.1. The Morgan fingerprint density at radius 2 is 2.24 bits per heavy atom. The Balaban J connectivity index is 1.80. The molecular weight excluding hydrogens is 266 g/mol. The molecule has 2 rings (SSSR count). The number of hydrogen-bond acceptors (Lipinski definition) is 4. The topological polar surface area (TPSA) is 71.4 Å². The number of nitrogens with zero attached hydrogens (tertiary/aromatic N) is 3. The molecule has 6 heteroatoms. The van der Waals surface area contributed by atoms with Gasteiger partial charge in [0.25, 0.3) is 0 Å². The van der Waals surface area contributed by atoms with Crippen molar-refractivity contribution in [3.05, 3.63) is 29.8 Å². The van der Waals surface area contributed by atoms with Crippen molar-refractivity contribution < 1.29 is 4.79 Å². The highest BCUT2D eigenvalue weighted by molar-refractivity contribution is 5.89. The molecule has 0 saturated carbocycles. The highest BCUT2D eigenvalue weighted by atomic mass is 16.2. The fraction of sp³-hybridized carbons (Fsp3) is 0.467. The molecular formula is C15H21N5O. The average molecular weight is 287 g/mol. The number of nitrogens with one attached hydrogen (secondary N) is 2. The molecule has 0 aromatic heterocycles. The number of likely N-dealkylation sites (N-methyl/N-ethyl adjacent to an activating group) is 1. The van der Waals surface area contributed by atoms with Crippen LogP contribution >= 0.6 is 0 Å². The molecule has 0 atom stereocenters. The van der Waals surface area contributed by atoms with Crippen molar-refractivity contribution in [2.75, 3.05) is 51.6 Å². The monoisotopic (exact) mass is 287 g/mol.